The highest BCUT2D eigenvalue weighted by Gasteiger charge is 2.31. The van der Waals surface area contributed by atoms with Crippen molar-refractivity contribution in [3.63, 3.8) is 0 Å². The molecule has 2 heterocycles. The number of aliphatic carboxylic acids is 1. The Labute approximate surface area is 118 Å². The molecular formula is C12H14BrN3O3. The quantitative estimate of drug-likeness (QED) is 0.871. The van der Waals surface area contributed by atoms with Gasteiger partial charge in [-0.1, -0.05) is 0 Å². The third-order valence-corrected chi connectivity index (χ3v) is 3.46. The highest BCUT2D eigenvalue weighted by molar-refractivity contribution is 9.10. The number of carbonyl (C=O) groups excluding carboxylic acids is 1. The Morgan fingerprint density at radius 1 is 1.53 bits per heavy atom. The number of carboxylic acids is 1. The van der Waals surface area contributed by atoms with E-state index in [-0.39, 0.29) is 12.5 Å². The third-order valence-electron chi connectivity index (χ3n) is 2.99. The van der Waals surface area contributed by atoms with Crippen LogP contribution < -0.4 is 5.32 Å². The average molecular weight is 328 g/mol. The minimum atomic E-state index is -0.868. The molecule has 102 valence electrons. The third kappa shape index (κ3) is 3.74. The lowest BCUT2D eigenvalue weighted by atomic mass is 10.2. The van der Waals surface area contributed by atoms with Crippen LogP contribution in [0.4, 0.5) is 5.82 Å². The first kappa shape index (κ1) is 14.0. The molecule has 19 heavy (non-hydrogen) atoms. The lowest BCUT2D eigenvalue weighted by Crippen LogP contribution is -2.41. The molecule has 2 N–H and O–H groups in total. The van der Waals surface area contributed by atoms with Crippen LogP contribution >= 0.6 is 15.9 Å². The van der Waals surface area contributed by atoms with Crippen molar-refractivity contribution in [2.24, 2.45) is 0 Å². The number of nitrogens with zero attached hydrogens (tertiary/aromatic N) is 2. The summed E-state index contributed by atoms with van der Waals surface area (Å²) in [4.78, 5) is 28.5. The van der Waals surface area contributed by atoms with Crippen LogP contribution in [0.15, 0.2) is 22.8 Å². The van der Waals surface area contributed by atoms with E-state index in [0.717, 1.165) is 10.9 Å². The Balaban J connectivity index is 1.90. The first-order valence-corrected chi connectivity index (χ1v) is 6.74. The van der Waals surface area contributed by atoms with Crippen molar-refractivity contribution in [3.8, 4) is 0 Å². The highest BCUT2D eigenvalue weighted by Crippen LogP contribution is 2.17. The molecule has 7 heteroatoms. The number of carbonyl (C=O) groups is 2. The van der Waals surface area contributed by atoms with Crippen molar-refractivity contribution in [3.05, 3.63) is 22.8 Å². The Hall–Kier alpha value is -1.47. The molecule has 1 aromatic heterocycles. The Kier molecular flexibility index (Phi) is 4.49. The summed E-state index contributed by atoms with van der Waals surface area (Å²) in [7, 11) is 0. The number of rotatable bonds is 4. The Morgan fingerprint density at radius 2 is 2.32 bits per heavy atom. The lowest BCUT2D eigenvalue weighted by molar-refractivity contribution is -0.142. The Bertz CT molecular complexity index is 478. The maximum atomic E-state index is 11.8. The normalized spacial score (nSPS) is 19.3. The van der Waals surface area contributed by atoms with Crippen LogP contribution in [0.5, 0.6) is 0 Å². The summed E-state index contributed by atoms with van der Waals surface area (Å²) in [6.07, 6.45) is 2.99. The molecule has 0 radical (unpaired) electrons. The number of nitrogens with one attached hydrogen (secondary N) is 1. The summed E-state index contributed by atoms with van der Waals surface area (Å²) in [5.41, 5.74) is 0. The molecule has 2 rings (SSSR count). The van der Waals surface area contributed by atoms with Crippen molar-refractivity contribution in [1.29, 1.82) is 0 Å². The molecule has 1 amide bonds. The summed E-state index contributed by atoms with van der Waals surface area (Å²) < 4.78 is 0.830. The molecule has 1 unspecified atom stereocenters. The number of carboxylic acid groups (broad SMARTS) is 1. The van der Waals surface area contributed by atoms with E-state index in [9.17, 15) is 9.59 Å². The monoisotopic (exact) mass is 327 g/mol. The van der Waals surface area contributed by atoms with Crippen LogP contribution in [0.1, 0.15) is 12.8 Å². The van der Waals surface area contributed by atoms with Gasteiger partial charge in [0.15, 0.2) is 0 Å². The molecule has 1 atom stereocenters. The van der Waals surface area contributed by atoms with E-state index in [1.54, 1.807) is 23.2 Å². The minimum Gasteiger partial charge on any atom is -0.480 e. The standard InChI is InChI=1S/C12H14BrN3O3/c13-8-3-4-10(14-6-8)15-11(17)7-16-5-1-2-9(16)12(18)19/h3-4,6,9H,1-2,5,7H2,(H,18,19)(H,14,15,17). The number of anilines is 1. The molecule has 1 aromatic rings. The molecule has 1 aliphatic heterocycles. The van der Waals surface area contributed by atoms with E-state index in [4.69, 9.17) is 5.11 Å². The summed E-state index contributed by atoms with van der Waals surface area (Å²) in [5, 5.41) is 11.7. The van der Waals surface area contributed by atoms with Gasteiger partial charge in [-0.05, 0) is 47.4 Å². The highest BCUT2D eigenvalue weighted by atomic mass is 79.9. The van der Waals surface area contributed by atoms with Gasteiger partial charge in [-0.15, -0.1) is 0 Å². The summed E-state index contributed by atoms with van der Waals surface area (Å²) in [6.45, 7) is 0.715. The van der Waals surface area contributed by atoms with Crippen molar-refractivity contribution in [2.45, 2.75) is 18.9 Å². The maximum Gasteiger partial charge on any atom is 0.320 e. The zero-order chi connectivity index (χ0) is 13.8. The van der Waals surface area contributed by atoms with Crippen molar-refractivity contribution < 1.29 is 14.7 Å². The largest absolute Gasteiger partial charge is 0.480 e. The van der Waals surface area contributed by atoms with E-state index in [1.165, 1.54) is 0 Å². The van der Waals surface area contributed by atoms with Gasteiger partial charge >= 0.3 is 5.97 Å². The molecule has 0 aromatic carbocycles. The van der Waals surface area contributed by atoms with Crippen molar-refractivity contribution in [2.75, 3.05) is 18.4 Å². The minimum absolute atomic E-state index is 0.0781. The number of pyridine rings is 1. The SMILES string of the molecule is O=C(CN1CCCC1C(=O)O)Nc1ccc(Br)cn1. The van der Waals surface area contributed by atoms with Crippen LogP contribution in [0.25, 0.3) is 0 Å². The first-order valence-electron chi connectivity index (χ1n) is 5.94. The van der Waals surface area contributed by atoms with Gasteiger partial charge in [0.2, 0.25) is 5.91 Å². The van der Waals surface area contributed by atoms with Gasteiger partial charge in [0, 0.05) is 10.7 Å². The van der Waals surface area contributed by atoms with Crippen molar-refractivity contribution >= 4 is 33.6 Å². The summed E-state index contributed by atoms with van der Waals surface area (Å²) in [6, 6.07) is 2.91. The second-order valence-corrected chi connectivity index (χ2v) is 5.29. The predicted octanol–water partition coefficient (Wildman–Crippen LogP) is 1.33. The smallest absolute Gasteiger partial charge is 0.320 e. The Morgan fingerprint density at radius 3 is 2.95 bits per heavy atom. The fraction of sp³-hybridized carbons (Fsp3) is 0.417. The molecular weight excluding hydrogens is 314 g/mol. The molecule has 1 aliphatic rings. The molecule has 0 bridgehead atoms. The summed E-state index contributed by atoms with van der Waals surface area (Å²) in [5.74, 6) is -0.658. The van der Waals surface area contributed by atoms with Gasteiger partial charge in [-0.25, -0.2) is 4.98 Å². The van der Waals surface area contributed by atoms with Gasteiger partial charge < -0.3 is 10.4 Å². The average Bonchev–Trinajstić information content (AvgIpc) is 2.80. The van der Waals surface area contributed by atoms with Crippen LogP contribution in [0.3, 0.4) is 0 Å². The van der Waals surface area contributed by atoms with Crippen LogP contribution in [-0.4, -0.2) is 46.0 Å². The second kappa shape index (κ2) is 6.12. The number of aromatic nitrogens is 1. The first-order chi connectivity index (χ1) is 9.06. The van der Waals surface area contributed by atoms with Gasteiger partial charge in [0.25, 0.3) is 0 Å². The van der Waals surface area contributed by atoms with E-state index in [0.29, 0.717) is 18.8 Å². The molecule has 0 aliphatic carbocycles. The lowest BCUT2D eigenvalue weighted by Gasteiger charge is -2.19. The molecule has 1 saturated heterocycles. The van der Waals surface area contributed by atoms with Gasteiger partial charge in [0.05, 0.1) is 6.54 Å². The number of amides is 1. The maximum absolute atomic E-state index is 11.8. The zero-order valence-corrected chi connectivity index (χ0v) is 11.8. The van der Waals surface area contributed by atoms with E-state index in [1.807, 2.05) is 0 Å². The number of halogens is 1. The van der Waals surface area contributed by atoms with Crippen LogP contribution in [-0.2, 0) is 9.59 Å². The van der Waals surface area contributed by atoms with Gasteiger partial charge in [0.1, 0.15) is 11.9 Å². The second-order valence-electron chi connectivity index (χ2n) is 4.38. The number of likely N-dealkylation sites (tertiary alicyclic amines) is 1. The van der Waals surface area contributed by atoms with E-state index < -0.39 is 12.0 Å². The topological polar surface area (TPSA) is 82.5 Å². The molecule has 0 saturated carbocycles. The molecule has 6 nitrogen and oxygen atoms in total. The van der Waals surface area contributed by atoms with Gasteiger partial charge in [-0.2, -0.15) is 0 Å². The molecule has 1 fully saturated rings. The fourth-order valence-electron chi connectivity index (χ4n) is 2.11. The molecule has 0 spiro atoms. The number of hydrogen-bond donors (Lipinski definition) is 2. The van der Waals surface area contributed by atoms with Crippen LogP contribution in [0, 0.1) is 0 Å². The number of hydrogen-bond acceptors (Lipinski definition) is 4. The van der Waals surface area contributed by atoms with E-state index >= 15 is 0 Å². The summed E-state index contributed by atoms with van der Waals surface area (Å²) >= 11 is 3.26. The van der Waals surface area contributed by atoms with Gasteiger partial charge in [-0.3, -0.25) is 14.5 Å². The van der Waals surface area contributed by atoms with Crippen LogP contribution in [0.2, 0.25) is 0 Å². The van der Waals surface area contributed by atoms with Crippen molar-refractivity contribution in [1.82, 2.24) is 9.88 Å². The predicted molar refractivity (Wildman–Crippen MR) is 72.8 cm³/mol. The fourth-order valence-corrected chi connectivity index (χ4v) is 2.35. The zero-order valence-electron chi connectivity index (χ0n) is 10.2. The van der Waals surface area contributed by atoms with E-state index in [2.05, 4.69) is 26.2 Å².